The zero-order chi connectivity index (χ0) is 13.0. The van der Waals surface area contributed by atoms with Crippen LogP contribution in [-0.2, 0) is 16.8 Å². The summed E-state index contributed by atoms with van der Waals surface area (Å²) in [7, 11) is 1.72. The van der Waals surface area contributed by atoms with Crippen LogP contribution in [0.5, 0.6) is 0 Å². The molecule has 0 saturated heterocycles. The van der Waals surface area contributed by atoms with Crippen LogP contribution in [0.4, 0.5) is 0 Å². The maximum absolute atomic E-state index is 5.14. The molecule has 0 aliphatic carbocycles. The molecule has 0 saturated carbocycles. The standard InChI is InChI=1S/C17H20O/c1-17(2,15-7-5-4-6-8-15)16-11-9-14(10-12-16)13-18-3/h4-12H,13H2,1-3H3. The molecule has 0 amide bonds. The summed E-state index contributed by atoms with van der Waals surface area (Å²) in [5.41, 5.74) is 3.91. The van der Waals surface area contributed by atoms with Gasteiger partial charge in [0.05, 0.1) is 6.61 Å². The molecule has 0 unspecified atom stereocenters. The van der Waals surface area contributed by atoms with Crippen LogP contribution in [0.15, 0.2) is 54.6 Å². The molecule has 1 nitrogen and oxygen atoms in total. The van der Waals surface area contributed by atoms with Gasteiger partial charge in [-0.05, 0) is 16.7 Å². The molecule has 2 rings (SSSR count). The minimum absolute atomic E-state index is 0.0346. The Morgan fingerprint density at radius 1 is 0.833 bits per heavy atom. The van der Waals surface area contributed by atoms with Gasteiger partial charge >= 0.3 is 0 Å². The highest BCUT2D eigenvalue weighted by Gasteiger charge is 2.22. The quantitative estimate of drug-likeness (QED) is 0.779. The summed E-state index contributed by atoms with van der Waals surface area (Å²) in [6, 6.07) is 19.3. The summed E-state index contributed by atoms with van der Waals surface area (Å²) in [6.45, 7) is 5.19. The summed E-state index contributed by atoms with van der Waals surface area (Å²) in [5, 5.41) is 0. The lowest BCUT2D eigenvalue weighted by atomic mass is 9.78. The number of methoxy groups -OCH3 is 1. The van der Waals surface area contributed by atoms with E-state index < -0.39 is 0 Å². The van der Waals surface area contributed by atoms with Gasteiger partial charge < -0.3 is 4.74 Å². The first-order valence-corrected chi connectivity index (χ1v) is 6.28. The molecule has 0 fully saturated rings. The van der Waals surface area contributed by atoms with Crippen molar-refractivity contribution in [3.63, 3.8) is 0 Å². The van der Waals surface area contributed by atoms with Gasteiger partial charge in [-0.2, -0.15) is 0 Å². The van der Waals surface area contributed by atoms with Crippen molar-refractivity contribution >= 4 is 0 Å². The van der Waals surface area contributed by atoms with Crippen molar-refractivity contribution in [2.45, 2.75) is 25.9 Å². The molecule has 1 heteroatoms. The van der Waals surface area contributed by atoms with Gasteiger partial charge in [0.25, 0.3) is 0 Å². The van der Waals surface area contributed by atoms with Crippen LogP contribution in [0, 0.1) is 0 Å². The second kappa shape index (κ2) is 5.36. The third-order valence-corrected chi connectivity index (χ3v) is 3.48. The van der Waals surface area contributed by atoms with Crippen molar-refractivity contribution < 1.29 is 4.74 Å². The summed E-state index contributed by atoms with van der Waals surface area (Å²) >= 11 is 0. The first-order valence-electron chi connectivity index (χ1n) is 6.28. The average Bonchev–Trinajstić information content (AvgIpc) is 2.41. The van der Waals surface area contributed by atoms with E-state index in [-0.39, 0.29) is 5.41 Å². The lowest BCUT2D eigenvalue weighted by Crippen LogP contribution is -2.18. The summed E-state index contributed by atoms with van der Waals surface area (Å²) in [5.74, 6) is 0. The summed E-state index contributed by atoms with van der Waals surface area (Å²) < 4.78 is 5.14. The topological polar surface area (TPSA) is 9.23 Å². The Balaban J connectivity index is 2.30. The smallest absolute Gasteiger partial charge is 0.0713 e. The van der Waals surface area contributed by atoms with Gasteiger partial charge in [-0.3, -0.25) is 0 Å². The SMILES string of the molecule is COCc1ccc(C(C)(C)c2ccccc2)cc1. The van der Waals surface area contributed by atoms with Gasteiger partial charge in [0, 0.05) is 12.5 Å². The van der Waals surface area contributed by atoms with Crippen LogP contribution < -0.4 is 0 Å². The average molecular weight is 240 g/mol. The Labute approximate surface area is 109 Å². The van der Waals surface area contributed by atoms with E-state index in [0.29, 0.717) is 6.61 Å². The predicted molar refractivity (Wildman–Crippen MR) is 75.7 cm³/mol. The highest BCUT2D eigenvalue weighted by molar-refractivity contribution is 5.38. The molecule has 0 N–H and O–H groups in total. The van der Waals surface area contributed by atoms with Gasteiger partial charge in [-0.1, -0.05) is 68.4 Å². The van der Waals surface area contributed by atoms with Gasteiger partial charge in [-0.25, -0.2) is 0 Å². The molecule has 0 aromatic heterocycles. The van der Waals surface area contributed by atoms with Crippen molar-refractivity contribution in [2.24, 2.45) is 0 Å². The minimum atomic E-state index is 0.0346. The number of hydrogen-bond acceptors (Lipinski definition) is 1. The first kappa shape index (κ1) is 12.8. The Kier molecular flexibility index (Phi) is 3.83. The van der Waals surface area contributed by atoms with Gasteiger partial charge in [-0.15, -0.1) is 0 Å². The highest BCUT2D eigenvalue weighted by atomic mass is 16.5. The number of hydrogen-bond donors (Lipinski definition) is 0. The Morgan fingerprint density at radius 3 is 1.94 bits per heavy atom. The van der Waals surface area contributed by atoms with Crippen molar-refractivity contribution in [1.29, 1.82) is 0 Å². The molecule has 2 aromatic rings. The maximum atomic E-state index is 5.14. The second-order valence-corrected chi connectivity index (χ2v) is 5.12. The number of benzene rings is 2. The number of rotatable bonds is 4. The molecular formula is C17H20O. The largest absolute Gasteiger partial charge is 0.380 e. The molecule has 0 heterocycles. The second-order valence-electron chi connectivity index (χ2n) is 5.12. The fraction of sp³-hybridized carbons (Fsp3) is 0.294. The molecule has 94 valence electrons. The van der Waals surface area contributed by atoms with E-state index in [9.17, 15) is 0 Å². The van der Waals surface area contributed by atoms with Crippen molar-refractivity contribution in [3.8, 4) is 0 Å². The highest BCUT2D eigenvalue weighted by Crippen LogP contribution is 2.31. The monoisotopic (exact) mass is 240 g/mol. The Morgan fingerprint density at radius 2 is 1.39 bits per heavy atom. The molecule has 0 atom stereocenters. The van der Waals surface area contributed by atoms with Gasteiger partial charge in [0.1, 0.15) is 0 Å². The molecule has 0 radical (unpaired) electrons. The van der Waals surface area contributed by atoms with Crippen LogP contribution in [-0.4, -0.2) is 7.11 Å². The van der Waals surface area contributed by atoms with Gasteiger partial charge in [0.15, 0.2) is 0 Å². The Hall–Kier alpha value is -1.60. The minimum Gasteiger partial charge on any atom is -0.380 e. The molecule has 18 heavy (non-hydrogen) atoms. The van der Waals surface area contributed by atoms with E-state index in [1.165, 1.54) is 16.7 Å². The Bertz CT molecular complexity index is 483. The van der Waals surface area contributed by atoms with E-state index in [4.69, 9.17) is 4.74 Å². The van der Waals surface area contributed by atoms with E-state index in [1.807, 2.05) is 0 Å². The fourth-order valence-electron chi connectivity index (χ4n) is 2.21. The third-order valence-electron chi connectivity index (χ3n) is 3.48. The van der Waals surface area contributed by atoms with Crippen LogP contribution in [0.3, 0.4) is 0 Å². The lowest BCUT2D eigenvalue weighted by molar-refractivity contribution is 0.185. The first-order chi connectivity index (χ1) is 8.64. The zero-order valence-corrected chi connectivity index (χ0v) is 11.3. The van der Waals surface area contributed by atoms with E-state index >= 15 is 0 Å². The van der Waals surface area contributed by atoms with Crippen molar-refractivity contribution in [2.75, 3.05) is 7.11 Å². The predicted octanol–water partition coefficient (Wildman–Crippen LogP) is 4.16. The zero-order valence-electron chi connectivity index (χ0n) is 11.3. The molecular weight excluding hydrogens is 220 g/mol. The normalized spacial score (nSPS) is 11.5. The summed E-state index contributed by atoms with van der Waals surface area (Å²) in [4.78, 5) is 0. The fourth-order valence-corrected chi connectivity index (χ4v) is 2.21. The molecule has 0 spiro atoms. The molecule has 0 bridgehead atoms. The maximum Gasteiger partial charge on any atom is 0.0713 e. The van der Waals surface area contributed by atoms with Crippen LogP contribution in [0.1, 0.15) is 30.5 Å². The van der Waals surface area contributed by atoms with Crippen molar-refractivity contribution in [1.82, 2.24) is 0 Å². The van der Waals surface area contributed by atoms with Crippen LogP contribution >= 0.6 is 0 Å². The number of ether oxygens (including phenoxy) is 1. The van der Waals surface area contributed by atoms with Crippen LogP contribution in [0.2, 0.25) is 0 Å². The van der Waals surface area contributed by atoms with Gasteiger partial charge in [0.2, 0.25) is 0 Å². The molecule has 0 aliphatic rings. The molecule has 2 aromatic carbocycles. The molecule has 0 aliphatic heterocycles. The van der Waals surface area contributed by atoms with E-state index in [1.54, 1.807) is 7.11 Å². The van der Waals surface area contributed by atoms with E-state index in [0.717, 1.165) is 0 Å². The van der Waals surface area contributed by atoms with Crippen LogP contribution in [0.25, 0.3) is 0 Å². The van der Waals surface area contributed by atoms with E-state index in [2.05, 4.69) is 68.4 Å². The summed E-state index contributed by atoms with van der Waals surface area (Å²) in [6.07, 6.45) is 0. The van der Waals surface area contributed by atoms with Crippen molar-refractivity contribution in [3.05, 3.63) is 71.3 Å². The lowest BCUT2D eigenvalue weighted by Gasteiger charge is -2.26. The third kappa shape index (κ3) is 2.62.